The van der Waals surface area contributed by atoms with Crippen molar-refractivity contribution in [2.75, 3.05) is 0 Å². The molecule has 0 amide bonds. The van der Waals surface area contributed by atoms with Crippen molar-refractivity contribution in [1.82, 2.24) is 68.6 Å². The topological polar surface area (TPSA) is 51.4 Å². The summed E-state index contributed by atoms with van der Waals surface area (Å²) >= 11 is 0. The molecule has 760 valence electrons. The molecule has 12 rings (SSSR count). The Kier molecular flexibility index (Phi) is 24.6. The van der Waals surface area contributed by atoms with Gasteiger partial charge in [-0.25, -0.2) is 9.15 Å². The molecule has 12 aliphatic heterocycles. The fourth-order valence-electron chi connectivity index (χ4n) is 34.3. The third kappa shape index (κ3) is 12.4. The van der Waals surface area contributed by atoms with Crippen molar-refractivity contribution >= 4 is 11.4 Å². The van der Waals surface area contributed by atoms with Crippen LogP contribution in [0.2, 0.25) is 0 Å². The minimum Gasteiger partial charge on any atom is -0.285 e. The summed E-state index contributed by atoms with van der Waals surface area (Å²) in [5, 5.41) is 0. The highest BCUT2D eigenvalue weighted by Gasteiger charge is 2.86. The van der Waals surface area contributed by atoms with E-state index in [-0.39, 0.29) is 213 Å². The third-order valence-corrected chi connectivity index (χ3v) is 47.9. The highest BCUT2D eigenvalue weighted by Crippen LogP contribution is 2.72. The van der Waals surface area contributed by atoms with Gasteiger partial charge in [0.2, 0.25) is 0 Å². The highest BCUT2D eigenvalue weighted by atomic mass is 15.8. The molecule has 0 radical (unpaired) electrons. The SMILES string of the molecule is CC(C)(C)N1C(C)(C)C(C)(C)N2C3N(C(C)(C)C2(C)C)C(C)(C)C(C)(C)N3C(C)(C)C1(C)C.CC(C)(C)N1C(C)(C)C(C)(C)N2C3N(C(C)(C)C2(C)C)C(C)(C)C(C)(C)N3C(C)(C)C1(C)C.CC(C)=[N+]1C(C)(C)C(C)(C)N2C3N(C(C)(C)C2(C)C)C(C)(C)C(C)(C)N3C(C)(C)C1(C)C.CC(C)=[N+]1C(C)(C)C(C)(C)N2C3N(C(C)(C)C2(C)C)C(C)(C)C(C)(C)N3C(C)(C)C1(C)C. The van der Waals surface area contributed by atoms with Gasteiger partial charge in [-0.3, -0.25) is 68.6 Å². The van der Waals surface area contributed by atoms with E-state index in [2.05, 4.69) is 590 Å². The fourth-order valence-corrected chi connectivity index (χ4v) is 34.3. The van der Waals surface area contributed by atoms with Gasteiger partial charge in [0.1, 0.15) is 36.6 Å². The molecule has 0 N–H and O–H groups in total. The van der Waals surface area contributed by atoms with Crippen LogP contribution in [-0.4, -0.2) is 303 Å². The summed E-state index contributed by atoms with van der Waals surface area (Å²) in [7, 11) is 0. The molecule has 0 aromatic rings. The third-order valence-electron chi connectivity index (χ3n) is 47.9. The van der Waals surface area contributed by atoms with E-state index in [0.717, 1.165) is 0 Å². The van der Waals surface area contributed by atoms with E-state index >= 15 is 0 Å². The molecule has 130 heavy (non-hydrogen) atoms. The fraction of sp³-hybridized carbons (Fsp3) is 0.982. The van der Waals surface area contributed by atoms with Crippen LogP contribution >= 0.6 is 0 Å². The van der Waals surface area contributed by atoms with Crippen LogP contribution in [0.1, 0.15) is 512 Å². The van der Waals surface area contributed by atoms with E-state index in [9.17, 15) is 0 Å². The van der Waals surface area contributed by atoms with Crippen molar-refractivity contribution in [2.24, 2.45) is 0 Å². The Bertz CT molecular complexity index is 3930. The predicted octanol–water partition coefficient (Wildman–Crippen LogP) is 25.0. The van der Waals surface area contributed by atoms with Crippen LogP contribution in [-0.2, 0) is 0 Å². The van der Waals surface area contributed by atoms with Gasteiger partial charge in [0.15, 0.2) is 22.2 Å². The van der Waals surface area contributed by atoms with Crippen LogP contribution in [0.15, 0.2) is 0 Å². The number of hydrogen-bond donors (Lipinski definition) is 0. The quantitative estimate of drug-likeness (QED) is 0.216. The molecule has 0 atom stereocenters. The monoisotopic (exact) mass is 1820 g/mol. The summed E-state index contributed by atoms with van der Waals surface area (Å²) in [6, 6.07) is 0. The average Bonchev–Trinajstić information content (AvgIpc) is 1.49. The molecule has 16 nitrogen and oxygen atoms in total. The minimum absolute atomic E-state index is 0.000896. The van der Waals surface area contributed by atoms with Gasteiger partial charge in [-0.15, -0.1) is 0 Å². The van der Waals surface area contributed by atoms with E-state index in [0.29, 0.717) is 0 Å². The molecule has 12 aliphatic rings. The van der Waals surface area contributed by atoms with Crippen molar-refractivity contribution in [1.29, 1.82) is 0 Å². The summed E-state index contributed by atoms with van der Waals surface area (Å²) in [5.74, 6) is 0. The van der Waals surface area contributed by atoms with Gasteiger partial charge in [-0.1, -0.05) is 0 Å². The summed E-state index contributed by atoms with van der Waals surface area (Å²) < 4.78 is 5.51. The number of nitrogens with zero attached hydrogens (tertiary/aromatic N) is 16. The van der Waals surface area contributed by atoms with Crippen molar-refractivity contribution in [2.45, 2.75) is 726 Å². The lowest BCUT2D eigenvalue weighted by molar-refractivity contribution is -0.694. The summed E-state index contributed by atoms with van der Waals surface area (Å²) in [5.41, 5.74) is 1.21. The molecule has 16 heteroatoms. The van der Waals surface area contributed by atoms with Crippen LogP contribution in [0.4, 0.5) is 0 Å². The molecule has 0 bridgehead atoms. The first-order valence-electron chi connectivity index (χ1n) is 52.1. The van der Waals surface area contributed by atoms with Gasteiger partial charge in [-0.2, -0.15) is 0 Å². The predicted molar refractivity (Wildman–Crippen MR) is 564 cm³/mol. The van der Waals surface area contributed by atoms with E-state index < -0.39 is 0 Å². The maximum Gasteiger partial charge on any atom is 0.175 e. The molecular formula is C114H226N16+2. The molecular weight excluding hydrogens is 1590 g/mol. The summed E-state index contributed by atoms with van der Waals surface area (Å²) in [6.07, 6.45) is 0.914. The average molecular weight is 1820 g/mol. The Labute approximate surface area is 810 Å². The first kappa shape index (κ1) is 112. The Balaban J connectivity index is 0.000000195. The molecule has 0 aromatic carbocycles. The number of rotatable bonds is 0. The minimum atomic E-state index is -0.0943. The zero-order chi connectivity index (χ0) is 104. The molecule has 12 heterocycles. The maximum absolute atomic E-state index is 2.91. The first-order chi connectivity index (χ1) is 55.8. The zero-order valence-corrected chi connectivity index (χ0v) is 101. The Hall–Kier alpha value is -1.22. The molecule has 0 aromatic heterocycles. The lowest BCUT2D eigenvalue weighted by atomic mass is 9.65. The first-order valence-corrected chi connectivity index (χ1v) is 52.1. The largest absolute Gasteiger partial charge is 0.285 e. The van der Waals surface area contributed by atoms with Crippen LogP contribution in [0.3, 0.4) is 0 Å². The molecule has 0 saturated carbocycles. The molecule has 12 fully saturated rings. The van der Waals surface area contributed by atoms with Crippen LogP contribution in [0.5, 0.6) is 0 Å². The van der Waals surface area contributed by atoms with Gasteiger partial charge in [0.05, 0.1) is 22.2 Å². The standard InChI is InChI=1S/2C29H58N4.2C28H55N4/c2*1-21(2,3)33-28(16,17)26(12,13)31-20-30(22(4,5)24(31,8)9)23(6,7)25(10,11)32(20)27(14,15)29(33,18)19;2*1-19(2)29-21(3,4)23(7,8)30-20-31(24(9,10)22(29,5)6)26(13,14)28(17,18)32(20)27(15,16)25(30,11)12/h2*20H,1-19H3;2*20H,1-18H3/q;;2*+1. The summed E-state index contributed by atoms with van der Waals surface area (Å²) in [4.78, 5) is 40.4. The zero-order valence-electron chi connectivity index (χ0n) is 101. The van der Waals surface area contributed by atoms with E-state index in [1.54, 1.807) is 0 Å². The van der Waals surface area contributed by atoms with Gasteiger partial charge >= 0.3 is 0 Å². The molecule has 0 unspecified atom stereocenters. The molecule has 0 aliphatic carbocycles. The maximum atomic E-state index is 2.91. The Morgan fingerprint density at radius 2 is 0.215 bits per heavy atom. The van der Waals surface area contributed by atoms with Crippen molar-refractivity contribution in [3.8, 4) is 0 Å². The van der Waals surface area contributed by atoms with Crippen molar-refractivity contribution in [3.63, 3.8) is 0 Å². The Morgan fingerprint density at radius 1 is 0.138 bits per heavy atom. The van der Waals surface area contributed by atoms with Gasteiger partial charge in [-0.05, 0) is 429 Å². The second kappa shape index (κ2) is 28.4. The van der Waals surface area contributed by atoms with Crippen LogP contribution < -0.4 is 0 Å². The second-order valence-electron chi connectivity index (χ2n) is 63.3. The van der Waals surface area contributed by atoms with Crippen molar-refractivity contribution in [3.05, 3.63) is 0 Å². The smallest absolute Gasteiger partial charge is 0.175 e. The van der Waals surface area contributed by atoms with E-state index in [1.165, 1.54) is 11.4 Å². The highest BCUT2D eigenvalue weighted by molar-refractivity contribution is 5.75. The Morgan fingerprint density at radius 3 is 0.292 bits per heavy atom. The van der Waals surface area contributed by atoms with Crippen LogP contribution in [0, 0.1) is 0 Å². The van der Waals surface area contributed by atoms with Gasteiger partial charge in [0, 0.05) is 227 Å². The number of hydrogen-bond acceptors (Lipinski definition) is 14. The van der Waals surface area contributed by atoms with Crippen LogP contribution in [0.25, 0.3) is 0 Å². The van der Waals surface area contributed by atoms with Gasteiger partial charge < -0.3 is 0 Å². The molecule has 0 spiro atoms. The normalized spacial score (nSPS) is 34.4. The second-order valence-corrected chi connectivity index (χ2v) is 63.3. The van der Waals surface area contributed by atoms with Crippen molar-refractivity contribution < 1.29 is 9.15 Å². The summed E-state index contributed by atoms with van der Waals surface area (Å²) in [6.45, 7) is 183. The molecule has 12 saturated heterocycles. The lowest BCUT2D eigenvalue weighted by Gasteiger charge is -2.72. The lowest BCUT2D eigenvalue weighted by Crippen LogP contribution is -2.85. The van der Waals surface area contributed by atoms with E-state index in [4.69, 9.17) is 0 Å². The van der Waals surface area contributed by atoms with E-state index in [1.807, 2.05) is 0 Å². The van der Waals surface area contributed by atoms with Gasteiger partial charge in [0.25, 0.3) is 0 Å².